The third kappa shape index (κ3) is 6.38. The van der Waals surface area contributed by atoms with Crippen LogP contribution in [0.2, 0.25) is 0 Å². The van der Waals surface area contributed by atoms with Gasteiger partial charge >= 0.3 is 6.03 Å². The summed E-state index contributed by atoms with van der Waals surface area (Å²) in [7, 11) is 1.46. The van der Waals surface area contributed by atoms with Crippen molar-refractivity contribution in [2.24, 2.45) is 5.73 Å². The van der Waals surface area contributed by atoms with Gasteiger partial charge in [0.15, 0.2) is 0 Å². The molecule has 26 heavy (non-hydrogen) atoms. The van der Waals surface area contributed by atoms with E-state index in [1.807, 2.05) is 13.8 Å². The number of hydrogen-bond acceptors (Lipinski definition) is 4. The summed E-state index contributed by atoms with van der Waals surface area (Å²) in [6.07, 6.45) is 1.72. The highest BCUT2D eigenvalue weighted by Crippen LogP contribution is 2.21. The zero-order valence-corrected chi connectivity index (χ0v) is 16.0. The summed E-state index contributed by atoms with van der Waals surface area (Å²) in [6, 6.07) is -1.50. The fourth-order valence-corrected chi connectivity index (χ4v) is 2.80. The molecule has 0 saturated carbocycles. The molecule has 1 fully saturated rings. The second-order valence-corrected chi connectivity index (χ2v) is 7.09. The molecular formula is C17H29N5O4. The molecule has 1 rings (SSSR count). The van der Waals surface area contributed by atoms with E-state index in [0.29, 0.717) is 0 Å². The van der Waals surface area contributed by atoms with Crippen molar-refractivity contribution in [2.75, 3.05) is 20.1 Å². The molecule has 9 heteroatoms. The summed E-state index contributed by atoms with van der Waals surface area (Å²) < 4.78 is 0. The fraction of sp³-hybridized carbons (Fsp3) is 0.647. The minimum Gasteiger partial charge on any atom is -0.368 e. The maximum Gasteiger partial charge on any atom is 0.315 e. The van der Waals surface area contributed by atoms with E-state index in [9.17, 15) is 19.2 Å². The first-order valence-corrected chi connectivity index (χ1v) is 8.57. The molecular weight excluding hydrogens is 338 g/mol. The lowest BCUT2D eigenvalue weighted by Gasteiger charge is -2.26. The molecule has 1 heterocycles. The van der Waals surface area contributed by atoms with Crippen LogP contribution in [-0.4, -0.2) is 71.8 Å². The monoisotopic (exact) mass is 367 g/mol. The van der Waals surface area contributed by atoms with E-state index in [1.54, 1.807) is 13.8 Å². The SMILES string of the molecule is CC(C)=CC(=O)N1C[C@@H](NC(=O)NC(C)C)C[C@H]1C(=O)N(C)CC(N)=O. The van der Waals surface area contributed by atoms with E-state index < -0.39 is 11.9 Å². The van der Waals surface area contributed by atoms with E-state index >= 15 is 0 Å². The molecule has 0 bridgehead atoms. The second-order valence-electron chi connectivity index (χ2n) is 7.09. The average Bonchev–Trinajstić information content (AvgIpc) is 2.87. The average molecular weight is 367 g/mol. The summed E-state index contributed by atoms with van der Waals surface area (Å²) in [5, 5.41) is 5.50. The normalized spacial score (nSPS) is 19.1. The number of nitrogens with one attached hydrogen (secondary N) is 2. The Morgan fingerprint density at radius 3 is 2.38 bits per heavy atom. The first-order valence-electron chi connectivity index (χ1n) is 8.57. The lowest BCUT2D eigenvalue weighted by molar-refractivity contribution is -0.142. The number of hydrogen-bond donors (Lipinski definition) is 3. The Hall–Kier alpha value is -2.58. The highest BCUT2D eigenvalue weighted by molar-refractivity contribution is 5.95. The van der Waals surface area contributed by atoms with Gasteiger partial charge in [0.2, 0.25) is 17.7 Å². The van der Waals surface area contributed by atoms with Crippen LogP contribution in [0.15, 0.2) is 11.6 Å². The predicted molar refractivity (Wildman–Crippen MR) is 97.0 cm³/mol. The van der Waals surface area contributed by atoms with Crippen LogP contribution in [-0.2, 0) is 14.4 Å². The summed E-state index contributed by atoms with van der Waals surface area (Å²) in [6.45, 7) is 7.24. The van der Waals surface area contributed by atoms with Crippen molar-refractivity contribution < 1.29 is 19.2 Å². The zero-order valence-electron chi connectivity index (χ0n) is 16.0. The standard InChI is InChI=1S/C17H29N5O4/c1-10(2)6-15(24)22-8-12(20-17(26)19-11(3)4)7-13(22)16(25)21(5)9-14(18)23/h6,11-13H,7-9H2,1-5H3,(H2,18,23)(H2,19,20,26)/t12-,13-/m0/s1. The van der Waals surface area contributed by atoms with Crippen LogP contribution < -0.4 is 16.4 Å². The molecule has 0 aromatic heterocycles. The van der Waals surface area contributed by atoms with Gasteiger partial charge in [-0.2, -0.15) is 0 Å². The van der Waals surface area contributed by atoms with Gasteiger partial charge in [0.1, 0.15) is 6.04 Å². The minimum absolute atomic E-state index is 0.0288. The van der Waals surface area contributed by atoms with Gasteiger partial charge in [-0.1, -0.05) is 5.57 Å². The smallest absolute Gasteiger partial charge is 0.315 e. The number of carbonyl (C=O) groups excluding carboxylic acids is 4. The first kappa shape index (κ1) is 21.5. The fourth-order valence-electron chi connectivity index (χ4n) is 2.80. The van der Waals surface area contributed by atoms with E-state index in [4.69, 9.17) is 5.73 Å². The van der Waals surface area contributed by atoms with Gasteiger partial charge in [0.05, 0.1) is 12.6 Å². The molecule has 1 aliphatic rings. The number of likely N-dealkylation sites (N-methyl/N-ethyl adjacent to an activating group) is 1. The third-order valence-corrected chi connectivity index (χ3v) is 3.81. The Kier molecular flexibility index (Phi) is 7.60. The van der Waals surface area contributed by atoms with Crippen molar-refractivity contribution in [3.05, 3.63) is 11.6 Å². The van der Waals surface area contributed by atoms with Gasteiger partial charge < -0.3 is 26.2 Å². The van der Waals surface area contributed by atoms with E-state index in [-0.39, 0.29) is 49.4 Å². The summed E-state index contributed by atoms with van der Waals surface area (Å²) in [4.78, 5) is 50.8. The van der Waals surface area contributed by atoms with Crippen LogP contribution in [0.3, 0.4) is 0 Å². The van der Waals surface area contributed by atoms with E-state index in [0.717, 1.165) is 5.57 Å². The lowest BCUT2D eigenvalue weighted by Crippen LogP contribution is -2.48. The van der Waals surface area contributed by atoms with Crippen molar-refractivity contribution in [1.82, 2.24) is 20.4 Å². The van der Waals surface area contributed by atoms with E-state index in [2.05, 4.69) is 10.6 Å². The Morgan fingerprint density at radius 1 is 1.27 bits per heavy atom. The molecule has 5 amide bonds. The number of primary amides is 1. The van der Waals surface area contributed by atoms with Crippen LogP contribution in [0.4, 0.5) is 4.79 Å². The van der Waals surface area contributed by atoms with Crippen molar-refractivity contribution >= 4 is 23.8 Å². The molecule has 9 nitrogen and oxygen atoms in total. The van der Waals surface area contributed by atoms with Gasteiger partial charge in [0, 0.05) is 25.7 Å². The van der Waals surface area contributed by atoms with Gasteiger partial charge in [0.25, 0.3) is 0 Å². The Morgan fingerprint density at radius 2 is 1.88 bits per heavy atom. The highest BCUT2D eigenvalue weighted by Gasteiger charge is 2.40. The lowest BCUT2D eigenvalue weighted by atomic mass is 10.1. The third-order valence-electron chi connectivity index (χ3n) is 3.81. The van der Waals surface area contributed by atoms with Crippen molar-refractivity contribution in [3.63, 3.8) is 0 Å². The number of allylic oxidation sites excluding steroid dienone is 1. The second kappa shape index (κ2) is 9.21. The van der Waals surface area contributed by atoms with E-state index in [1.165, 1.54) is 22.9 Å². The quantitative estimate of drug-likeness (QED) is 0.551. The van der Waals surface area contributed by atoms with Gasteiger partial charge in [-0.3, -0.25) is 14.4 Å². The molecule has 1 aliphatic heterocycles. The maximum absolute atomic E-state index is 12.7. The van der Waals surface area contributed by atoms with Crippen LogP contribution in [0.1, 0.15) is 34.1 Å². The van der Waals surface area contributed by atoms with Crippen molar-refractivity contribution in [2.45, 2.75) is 52.2 Å². The molecule has 0 radical (unpaired) electrons. The van der Waals surface area contributed by atoms with Crippen LogP contribution >= 0.6 is 0 Å². The first-order chi connectivity index (χ1) is 12.0. The number of rotatable bonds is 6. The topological polar surface area (TPSA) is 125 Å². The Balaban J connectivity index is 2.93. The molecule has 0 aliphatic carbocycles. The number of urea groups is 1. The number of carbonyl (C=O) groups is 4. The van der Waals surface area contributed by atoms with Crippen molar-refractivity contribution in [3.8, 4) is 0 Å². The predicted octanol–water partition coefficient (Wildman–Crippen LogP) is -0.427. The minimum atomic E-state index is -0.758. The van der Waals surface area contributed by atoms with Gasteiger partial charge in [-0.15, -0.1) is 0 Å². The summed E-state index contributed by atoms with van der Waals surface area (Å²) >= 11 is 0. The van der Waals surface area contributed by atoms with Gasteiger partial charge in [-0.25, -0.2) is 4.79 Å². The highest BCUT2D eigenvalue weighted by atomic mass is 16.2. The molecule has 0 aromatic carbocycles. The number of likely N-dealkylation sites (tertiary alicyclic amines) is 1. The molecule has 4 N–H and O–H groups in total. The number of amides is 5. The number of nitrogens with zero attached hydrogens (tertiary/aromatic N) is 2. The largest absolute Gasteiger partial charge is 0.368 e. The van der Waals surface area contributed by atoms with Crippen LogP contribution in [0, 0.1) is 0 Å². The van der Waals surface area contributed by atoms with Crippen LogP contribution in [0.5, 0.6) is 0 Å². The molecule has 0 unspecified atom stereocenters. The molecule has 146 valence electrons. The summed E-state index contributed by atoms with van der Waals surface area (Å²) in [5.41, 5.74) is 5.95. The molecule has 2 atom stereocenters. The van der Waals surface area contributed by atoms with Crippen molar-refractivity contribution in [1.29, 1.82) is 0 Å². The van der Waals surface area contributed by atoms with Crippen LogP contribution in [0.25, 0.3) is 0 Å². The number of nitrogens with two attached hydrogens (primary N) is 1. The summed E-state index contributed by atoms with van der Waals surface area (Å²) in [5.74, 6) is -1.32. The zero-order chi connectivity index (χ0) is 20.0. The Labute approximate surface area is 153 Å². The molecule has 0 spiro atoms. The molecule has 1 saturated heterocycles. The maximum atomic E-state index is 12.7. The Bertz CT molecular complexity index is 598. The van der Waals surface area contributed by atoms with Gasteiger partial charge in [-0.05, 0) is 34.1 Å². The molecule has 0 aromatic rings.